The number of allylic oxidation sites excluding steroid dienone is 16. The Labute approximate surface area is 395 Å². The summed E-state index contributed by atoms with van der Waals surface area (Å²) < 4.78 is 5.92. The molecule has 0 rings (SSSR count). The van der Waals surface area contributed by atoms with E-state index in [0.29, 0.717) is 19.3 Å². The summed E-state index contributed by atoms with van der Waals surface area (Å²) in [5, 5.41) is 23.7. The molecule has 0 saturated heterocycles. The van der Waals surface area contributed by atoms with E-state index in [1.807, 2.05) is 24.3 Å². The largest absolute Gasteiger partial charge is 0.462 e. The molecule has 0 heterocycles. The lowest BCUT2D eigenvalue weighted by molar-refractivity contribution is -0.151. The van der Waals surface area contributed by atoms with Gasteiger partial charge in [0.25, 0.3) is 0 Å². The molecule has 64 heavy (non-hydrogen) atoms. The number of ether oxygens (including phenoxy) is 1. The minimum Gasteiger partial charge on any atom is -0.462 e. The van der Waals surface area contributed by atoms with Crippen molar-refractivity contribution in [3.63, 3.8) is 0 Å². The van der Waals surface area contributed by atoms with Crippen LogP contribution in [0.3, 0.4) is 0 Å². The van der Waals surface area contributed by atoms with Gasteiger partial charge in [-0.1, -0.05) is 234 Å². The maximum Gasteiger partial charge on any atom is 0.306 e. The molecule has 3 N–H and O–H groups in total. The van der Waals surface area contributed by atoms with Crippen molar-refractivity contribution in [2.75, 3.05) is 6.61 Å². The fourth-order valence-corrected chi connectivity index (χ4v) is 7.47. The Morgan fingerprint density at radius 1 is 0.469 bits per heavy atom. The van der Waals surface area contributed by atoms with Crippen LogP contribution >= 0.6 is 0 Å². The van der Waals surface area contributed by atoms with Gasteiger partial charge in [-0.3, -0.25) is 9.59 Å². The number of carbonyl (C=O) groups excluding carboxylic acids is 2. The summed E-state index contributed by atoms with van der Waals surface area (Å²) in [4.78, 5) is 26.2. The van der Waals surface area contributed by atoms with E-state index < -0.39 is 18.2 Å². The Bertz CT molecular complexity index is 1270. The molecule has 0 aliphatic rings. The molecule has 3 unspecified atom stereocenters. The number of amides is 1. The highest BCUT2D eigenvalue weighted by Gasteiger charge is 2.24. The number of aliphatic hydroxyl groups excluding tert-OH is 2. The van der Waals surface area contributed by atoms with Crippen molar-refractivity contribution < 1.29 is 24.5 Å². The Morgan fingerprint density at radius 3 is 1.44 bits per heavy atom. The predicted octanol–water partition coefficient (Wildman–Crippen LogP) is 16.1. The predicted molar refractivity (Wildman–Crippen MR) is 277 cm³/mol. The number of rotatable bonds is 46. The summed E-state index contributed by atoms with van der Waals surface area (Å²) >= 11 is 0. The van der Waals surface area contributed by atoms with Gasteiger partial charge in [0.2, 0.25) is 5.91 Å². The summed E-state index contributed by atoms with van der Waals surface area (Å²) in [6.45, 7) is 6.34. The van der Waals surface area contributed by atoms with Crippen LogP contribution in [0.2, 0.25) is 0 Å². The molecule has 0 aromatic carbocycles. The van der Waals surface area contributed by atoms with Crippen molar-refractivity contribution in [1.82, 2.24) is 5.32 Å². The van der Waals surface area contributed by atoms with Gasteiger partial charge in [-0.25, -0.2) is 0 Å². The van der Waals surface area contributed by atoms with Gasteiger partial charge in [-0.05, 0) is 83.5 Å². The van der Waals surface area contributed by atoms with Gasteiger partial charge in [-0.15, -0.1) is 0 Å². The lowest BCUT2D eigenvalue weighted by Crippen LogP contribution is -2.46. The molecule has 0 aromatic heterocycles. The zero-order valence-electron chi connectivity index (χ0n) is 41.6. The molecular weight excluding hydrogens is 791 g/mol. The fourth-order valence-electron chi connectivity index (χ4n) is 7.47. The second-order valence-electron chi connectivity index (χ2n) is 17.7. The Kier molecular flexibility index (Phi) is 48.2. The van der Waals surface area contributed by atoms with Crippen molar-refractivity contribution in [1.29, 1.82) is 0 Å². The molecule has 0 radical (unpaired) electrons. The number of nitrogens with one attached hydrogen (secondary N) is 1. The molecule has 6 nitrogen and oxygen atoms in total. The molecule has 6 heteroatoms. The summed E-state index contributed by atoms with van der Waals surface area (Å²) in [5.74, 6) is -0.531. The van der Waals surface area contributed by atoms with E-state index in [0.717, 1.165) is 109 Å². The molecule has 0 aliphatic heterocycles. The Balaban J connectivity index is 4.71. The van der Waals surface area contributed by atoms with E-state index in [1.54, 1.807) is 0 Å². The van der Waals surface area contributed by atoms with Crippen LogP contribution in [0, 0.1) is 0 Å². The molecule has 0 fully saturated rings. The number of hydrogen-bond acceptors (Lipinski definition) is 5. The minimum atomic E-state index is -0.804. The minimum absolute atomic E-state index is 0.0465. The van der Waals surface area contributed by atoms with Crippen LogP contribution in [0.25, 0.3) is 0 Å². The second kappa shape index (κ2) is 50.8. The Morgan fingerprint density at radius 2 is 0.891 bits per heavy atom. The van der Waals surface area contributed by atoms with Crippen molar-refractivity contribution in [3.8, 4) is 0 Å². The van der Waals surface area contributed by atoms with Crippen LogP contribution in [0.15, 0.2) is 97.2 Å². The van der Waals surface area contributed by atoms with Gasteiger partial charge < -0.3 is 20.3 Å². The fraction of sp³-hybridized carbons (Fsp3) is 0.690. The number of hydrogen-bond donors (Lipinski definition) is 3. The first-order chi connectivity index (χ1) is 31.5. The number of esters is 1. The standard InChI is InChI=1S/C58H99NO5/c1-4-7-10-13-16-19-22-24-26-28-30-32-34-36-39-42-45-48-51-58(63)64-54(49-46-43-40-37-35-33-31-29-27-25-23-20-17-14-11-8-5-2)52-57(62)59-55(53-60)56(61)50-47-44-41-38-21-18-15-12-9-6-3/h10,13,16-17,19-20,22,24-28,30-33,54-56,60-61H,4-9,11-12,14-15,18,21,23,29,34-53H2,1-3H3,(H,59,62)/b13-10+,19-16+,20-17-,24-22+,27-25-,28-26+,32-30+,33-31-. The second-order valence-corrected chi connectivity index (χ2v) is 17.7. The molecule has 0 aliphatic carbocycles. The average Bonchev–Trinajstić information content (AvgIpc) is 3.29. The maximum atomic E-state index is 13.2. The number of unbranched alkanes of at least 4 members (excludes halogenated alkanes) is 22. The topological polar surface area (TPSA) is 95.9 Å². The normalized spacial score (nSPS) is 14.0. The van der Waals surface area contributed by atoms with Crippen molar-refractivity contribution in [2.24, 2.45) is 0 Å². The molecule has 0 spiro atoms. The molecular formula is C58H99NO5. The first-order valence-corrected chi connectivity index (χ1v) is 26.5. The van der Waals surface area contributed by atoms with E-state index in [4.69, 9.17) is 4.74 Å². The summed E-state index contributed by atoms with van der Waals surface area (Å²) in [5.41, 5.74) is 0. The first kappa shape index (κ1) is 60.8. The van der Waals surface area contributed by atoms with Crippen LogP contribution in [-0.4, -0.2) is 46.9 Å². The van der Waals surface area contributed by atoms with Crippen molar-refractivity contribution in [2.45, 2.75) is 251 Å². The molecule has 366 valence electrons. The SMILES string of the molecule is CCC/C=C/C=C/C=C/C=C/C=C/CCCCCCCC(=O)OC(CCCCCC/C=C\C/C=C\C/C=C\CCCCC)CC(=O)NC(CO)C(O)CCCCCCCCCCCC. The highest BCUT2D eigenvalue weighted by atomic mass is 16.5. The van der Waals surface area contributed by atoms with Gasteiger partial charge in [0.05, 0.1) is 25.2 Å². The van der Waals surface area contributed by atoms with Crippen LogP contribution in [0.5, 0.6) is 0 Å². The van der Waals surface area contributed by atoms with E-state index in [9.17, 15) is 19.8 Å². The van der Waals surface area contributed by atoms with Gasteiger partial charge >= 0.3 is 5.97 Å². The van der Waals surface area contributed by atoms with Gasteiger partial charge in [0.1, 0.15) is 6.10 Å². The van der Waals surface area contributed by atoms with Crippen molar-refractivity contribution in [3.05, 3.63) is 97.2 Å². The van der Waals surface area contributed by atoms with Gasteiger partial charge in [-0.2, -0.15) is 0 Å². The third kappa shape index (κ3) is 45.4. The van der Waals surface area contributed by atoms with E-state index >= 15 is 0 Å². The quantitative estimate of drug-likeness (QED) is 0.0245. The van der Waals surface area contributed by atoms with Crippen LogP contribution in [-0.2, 0) is 14.3 Å². The maximum absolute atomic E-state index is 13.2. The molecule has 0 aromatic rings. The third-order valence-corrected chi connectivity index (χ3v) is 11.5. The number of carbonyl (C=O) groups is 2. The highest BCUT2D eigenvalue weighted by Crippen LogP contribution is 2.17. The van der Waals surface area contributed by atoms with E-state index in [-0.39, 0.29) is 24.9 Å². The van der Waals surface area contributed by atoms with Crippen LogP contribution in [0.4, 0.5) is 0 Å². The molecule has 3 atom stereocenters. The molecule has 0 bridgehead atoms. The lowest BCUT2D eigenvalue weighted by atomic mass is 10.0. The van der Waals surface area contributed by atoms with Crippen LogP contribution < -0.4 is 5.32 Å². The molecule has 0 saturated carbocycles. The zero-order chi connectivity index (χ0) is 46.7. The van der Waals surface area contributed by atoms with E-state index in [2.05, 4.69) is 99.0 Å². The summed E-state index contributed by atoms with van der Waals surface area (Å²) in [7, 11) is 0. The lowest BCUT2D eigenvalue weighted by Gasteiger charge is -2.24. The van der Waals surface area contributed by atoms with Crippen molar-refractivity contribution >= 4 is 11.9 Å². The summed E-state index contributed by atoms with van der Waals surface area (Å²) in [6, 6.07) is -0.720. The highest BCUT2D eigenvalue weighted by molar-refractivity contribution is 5.77. The first-order valence-electron chi connectivity index (χ1n) is 26.5. The summed E-state index contributed by atoms with van der Waals surface area (Å²) in [6.07, 6.45) is 67.4. The van der Waals surface area contributed by atoms with Gasteiger partial charge in [0, 0.05) is 6.42 Å². The third-order valence-electron chi connectivity index (χ3n) is 11.5. The molecule has 1 amide bonds. The van der Waals surface area contributed by atoms with Crippen LogP contribution in [0.1, 0.15) is 233 Å². The van der Waals surface area contributed by atoms with Gasteiger partial charge in [0.15, 0.2) is 0 Å². The zero-order valence-corrected chi connectivity index (χ0v) is 41.6. The smallest absolute Gasteiger partial charge is 0.306 e. The van der Waals surface area contributed by atoms with E-state index in [1.165, 1.54) is 77.0 Å². The monoisotopic (exact) mass is 890 g/mol. The number of aliphatic hydroxyl groups is 2. The Hall–Kier alpha value is -3.22. The average molecular weight is 890 g/mol.